The summed E-state index contributed by atoms with van der Waals surface area (Å²) in [5, 5.41) is 16.4. The minimum absolute atomic E-state index is 0.0412. The molecule has 1 aromatic rings. The Balaban J connectivity index is 1.82. The Hall–Kier alpha value is -1.10. The zero-order chi connectivity index (χ0) is 13.0. The van der Waals surface area contributed by atoms with E-state index in [0.717, 1.165) is 24.9 Å². The van der Waals surface area contributed by atoms with Crippen molar-refractivity contribution in [3.8, 4) is 0 Å². The van der Waals surface area contributed by atoms with Crippen molar-refractivity contribution < 1.29 is 9.90 Å². The molecule has 1 heterocycles. The number of carbonyl (C=O) groups excluding carboxylic acids is 1. The van der Waals surface area contributed by atoms with Crippen molar-refractivity contribution in [3.05, 3.63) is 34.9 Å². The van der Waals surface area contributed by atoms with Crippen LogP contribution in [0.5, 0.6) is 0 Å². The number of hydrogen-bond acceptors (Lipinski definition) is 3. The first kappa shape index (κ1) is 13.3. The van der Waals surface area contributed by atoms with Crippen LogP contribution in [0.1, 0.15) is 24.5 Å². The highest BCUT2D eigenvalue weighted by molar-refractivity contribution is 6.30. The van der Waals surface area contributed by atoms with E-state index < -0.39 is 6.10 Å². The third-order valence-corrected chi connectivity index (χ3v) is 3.35. The van der Waals surface area contributed by atoms with Crippen LogP contribution < -0.4 is 10.6 Å². The van der Waals surface area contributed by atoms with Crippen LogP contribution in [0, 0.1) is 0 Å². The first-order valence-corrected chi connectivity index (χ1v) is 6.49. The van der Waals surface area contributed by atoms with E-state index >= 15 is 0 Å². The molecule has 0 bridgehead atoms. The molecule has 0 aromatic heterocycles. The van der Waals surface area contributed by atoms with Crippen molar-refractivity contribution in [1.82, 2.24) is 10.6 Å². The molecule has 1 fully saturated rings. The summed E-state index contributed by atoms with van der Waals surface area (Å²) in [5.41, 5.74) is 0.749. The summed E-state index contributed by atoms with van der Waals surface area (Å²) in [6.07, 6.45) is 1.19. The minimum Gasteiger partial charge on any atom is -0.387 e. The van der Waals surface area contributed by atoms with Gasteiger partial charge in [-0.3, -0.25) is 4.79 Å². The molecule has 5 heteroatoms. The van der Waals surface area contributed by atoms with E-state index in [0.29, 0.717) is 5.02 Å². The standard InChI is InChI=1S/C13H17ClN2O2/c14-10-5-3-9(4-6-10)12(17)8-16-13(18)11-2-1-7-15-11/h3-6,11-12,15,17H,1-2,7-8H2,(H,16,18). The molecular formula is C13H17ClN2O2. The van der Waals surface area contributed by atoms with Gasteiger partial charge in [0.25, 0.3) is 0 Å². The molecule has 0 spiro atoms. The molecule has 2 rings (SSSR count). The maximum absolute atomic E-state index is 11.7. The molecule has 1 aromatic carbocycles. The number of rotatable bonds is 4. The Bertz CT molecular complexity index is 402. The molecule has 3 N–H and O–H groups in total. The summed E-state index contributed by atoms with van der Waals surface area (Å²) in [6, 6.07) is 6.85. The molecule has 0 radical (unpaired) electrons. The van der Waals surface area contributed by atoms with Gasteiger partial charge in [0, 0.05) is 11.6 Å². The lowest BCUT2D eigenvalue weighted by atomic mass is 10.1. The second-order valence-electron chi connectivity index (χ2n) is 4.46. The molecule has 18 heavy (non-hydrogen) atoms. The summed E-state index contributed by atoms with van der Waals surface area (Å²) in [4.78, 5) is 11.7. The average molecular weight is 269 g/mol. The van der Waals surface area contributed by atoms with E-state index in [4.69, 9.17) is 11.6 Å². The number of benzene rings is 1. The van der Waals surface area contributed by atoms with Gasteiger partial charge in [-0.05, 0) is 37.1 Å². The van der Waals surface area contributed by atoms with Gasteiger partial charge in [0.05, 0.1) is 12.1 Å². The number of aliphatic hydroxyl groups excluding tert-OH is 1. The average Bonchev–Trinajstić information content (AvgIpc) is 2.90. The van der Waals surface area contributed by atoms with Gasteiger partial charge >= 0.3 is 0 Å². The van der Waals surface area contributed by atoms with E-state index in [1.807, 2.05) is 0 Å². The Labute approximate surface area is 111 Å². The minimum atomic E-state index is -0.701. The van der Waals surface area contributed by atoms with Gasteiger partial charge in [-0.1, -0.05) is 23.7 Å². The first-order valence-electron chi connectivity index (χ1n) is 6.11. The van der Waals surface area contributed by atoms with Crippen molar-refractivity contribution >= 4 is 17.5 Å². The van der Waals surface area contributed by atoms with Gasteiger partial charge in [0.1, 0.15) is 0 Å². The number of hydrogen-bond donors (Lipinski definition) is 3. The van der Waals surface area contributed by atoms with Crippen LogP contribution >= 0.6 is 11.6 Å². The quantitative estimate of drug-likeness (QED) is 0.770. The molecule has 1 amide bonds. The summed E-state index contributed by atoms with van der Waals surface area (Å²) in [6.45, 7) is 1.11. The molecule has 98 valence electrons. The molecule has 0 saturated carbocycles. The second kappa shape index (κ2) is 6.18. The Morgan fingerprint density at radius 2 is 2.22 bits per heavy atom. The van der Waals surface area contributed by atoms with Gasteiger partial charge < -0.3 is 15.7 Å². The van der Waals surface area contributed by atoms with Gasteiger partial charge in [-0.25, -0.2) is 0 Å². The van der Waals surface area contributed by atoms with E-state index in [9.17, 15) is 9.90 Å². The first-order chi connectivity index (χ1) is 8.66. The van der Waals surface area contributed by atoms with Gasteiger partial charge in [-0.2, -0.15) is 0 Å². The number of nitrogens with one attached hydrogen (secondary N) is 2. The molecule has 0 aliphatic carbocycles. The van der Waals surface area contributed by atoms with Crippen LogP contribution in [0.15, 0.2) is 24.3 Å². The van der Waals surface area contributed by atoms with E-state index in [2.05, 4.69) is 10.6 Å². The summed E-state index contributed by atoms with van der Waals surface area (Å²) < 4.78 is 0. The Morgan fingerprint density at radius 1 is 1.50 bits per heavy atom. The largest absolute Gasteiger partial charge is 0.387 e. The van der Waals surface area contributed by atoms with Crippen molar-refractivity contribution in [2.75, 3.05) is 13.1 Å². The molecular weight excluding hydrogens is 252 g/mol. The van der Waals surface area contributed by atoms with Crippen molar-refractivity contribution in [2.45, 2.75) is 25.0 Å². The van der Waals surface area contributed by atoms with E-state index in [-0.39, 0.29) is 18.5 Å². The normalized spacial score (nSPS) is 20.7. The lowest BCUT2D eigenvalue weighted by Gasteiger charge is -2.15. The van der Waals surface area contributed by atoms with Gasteiger partial charge in [-0.15, -0.1) is 0 Å². The van der Waals surface area contributed by atoms with E-state index in [1.54, 1.807) is 24.3 Å². The lowest BCUT2D eigenvalue weighted by molar-refractivity contribution is -0.123. The zero-order valence-electron chi connectivity index (χ0n) is 10.0. The highest BCUT2D eigenvalue weighted by Crippen LogP contribution is 2.15. The number of carbonyl (C=O) groups is 1. The van der Waals surface area contributed by atoms with Crippen LogP contribution in [0.25, 0.3) is 0 Å². The smallest absolute Gasteiger partial charge is 0.237 e. The van der Waals surface area contributed by atoms with Crippen LogP contribution in [0.3, 0.4) is 0 Å². The monoisotopic (exact) mass is 268 g/mol. The SMILES string of the molecule is O=C(NCC(O)c1ccc(Cl)cc1)C1CCCN1. The predicted molar refractivity (Wildman–Crippen MR) is 70.4 cm³/mol. The van der Waals surface area contributed by atoms with Crippen LogP contribution in [-0.2, 0) is 4.79 Å². The predicted octanol–water partition coefficient (Wildman–Crippen LogP) is 1.24. The van der Waals surface area contributed by atoms with Crippen molar-refractivity contribution in [3.63, 3.8) is 0 Å². The summed E-state index contributed by atoms with van der Waals surface area (Å²) in [5.74, 6) is -0.0412. The van der Waals surface area contributed by atoms with Gasteiger partial charge in [0.2, 0.25) is 5.91 Å². The van der Waals surface area contributed by atoms with E-state index in [1.165, 1.54) is 0 Å². The van der Waals surface area contributed by atoms with Crippen LogP contribution in [-0.4, -0.2) is 30.1 Å². The molecule has 1 saturated heterocycles. The Morgan fingerprint density at radius 3 is 2.83 bits per heavy atom. The second-order valence-corrected chi connectivity index (χ2v) is 4.90. The summed E-state index contributed by atoms with van der Waals surface area (Å²) in [7, 11) is 0. The topological polar surface area (TPSA) is 61.4 Å². The maximum atomic E-state index is 11.7. The molecule has 1 aliphatic rings. The number of halogens is 1. The third kappa shape index (κ3) is 3.45. The van der Waals surface area contributed by atoms with Crippen molar-refractivity contribution in [2.24, 2.45) is 0 Å². The number of aliphatic hydroxyl groups is 1. The summed E-state index contributed by atoms with van der Waals surface area (Å²) >= 11 is 5.77. The van der Waals surface area contributed by atoms with Gasteiger partial charge in [0.15, 0.2) is 0 Å². The highest BCUT2D eigenvalue weighted by atomic mass is 35.5. The fraction of sp³-hybridized carbons (Fsp3) is 0.462. The van der Waals surface area contributed by atoms with Crippen LogP contribution in [0.2, 0.25) is 5.02 Å². The maximum Gasteiger partial charge on any atom is 0.237 e. The highest BCUT2D eigenvalue weighted by Gasteiger charge is 2.22. The Kier molecular flexibility index (Phi) is 4.58. The molecule has 2 atom stereocenters. The third-order valence-electron chi connectivity index (χ3n) is 3.10. The zero-order valence-corrected chi connectivity index (χ0v) is 10.8. The number of amides is 1. The molecule has 4 nitrogen and oxygen atoms in total. The van der Waals surface area contributed by atoms with Crippen LogP contribution in [0.4, 0.5) is 0 Å². The fourth-order valence-corrected chi connectivity index (χ4v) is 2.16. The fourth-order valence-electron chi connectivity index (χ4n) is 2.03. The lowest BCUT2D eigenvalue weighted by Crippen LogP contribution is -2.41. The van der Waals surface area contributed by atoms with Crippen molar-refractivity contribution in [1.29, 1.82) is 0 Å². The molecule has 2 unspecified atom stereocenters. The molecule has 1 aliphatic heterocycles.